The molecule has 0 aliphatic carbocycles. The van der Waals surface area contributed by atoms with Crippen molar-refractivity contribution in [1.82, 2.24) is 4.98 Å². The third-order valence-corrected chi connectivity index (χ3v) is 4.24. The summed E-state index contributed by atoms with van der Waals surface area (Å²) in [5, 5.41) is 18.9. The fourth-order valence-electron chi connectivity index (χ4n) is 2.90. The summed E-state index contributed by atoms with van der Waals surface area (Å²) in [6.07, 6.45) is 0. The van der Waals surface area contributed by atoms with Crippen molar-refractivity contribution in [2.24, 2.45) is 0 Å². The van der Waals surface area contributed by atoms with Crippen molar-refractivity contribution in [3.63, 3.8) is 0 Å². The number of ether oxygens (including phenoxy) is 1. The zero-order valence-corrected chi connectivity index (χ0v) is 15.1. The van der Waals surface area contributed by atoms with Crippen LogP contribution in [0.15, 0.2) is 47.3 Å². The summed E-state index contributed by atoms with van der Waals surface area (Å²) in [5.74, 6) is -5.30. The first kappa shape index (κ1) is 20.5. The molecule has 0 aliphatic heterocycles. The number of halogens is 2. The Bertz CT molecular complexity index is 1200. The molecule has 2 aromatic carbocycles. The predicted octanol–water partition coefficient (Wildman–Crippen LogP) is 2.88. The van der Waals surface area contributed by atoms with Crippen molar-refractivity contribution in [2.45, 2.75) is 6.61 Å². The number of carboxylic acids is 2. The molecule has 30 heavy (non-hydrogen) atoms. The fourth-order valence-corrected chi connectivity index (χ4v) is 2.90. The van der Waals surface area contributed by atoms with Gasteiger partial charge in [-0.15, -0.1) is 0 Å². The molecule has 1 aromatic heterocycles. The number of pyridine rings is 1. The van der Waals surface area contributed by atoms with Gasteiger partial charge in [0.15, 0.2) is 0 Å². The third kappa shape index (κ3) is 3.83. The van der Waals surface area contributed by atoms with Crippen LogP contribution in [0.5, 0.6) is 5.75 Å². The van der Waals surface area contributed by atoms with E-state index in [9.17, 15) is 33.4 Å². The molecule has 0 unspecified atom stereocenters. The van der Waals surface area contributed by atoms with E-state index < -0.39 is 58.2 Å². The highest BCUT2D eigenvalue weighted by Crippen LogP contribution is 2.31. The number of aromatic carboxylic acids is 2. The molecular weight excluding hydrogens is 402 g/mol. The quantitative estimate of drug-likeness (QED) is 0.484. The lowest BCUT2D eigenvalue weighted by molar-refractivity contribution is 0.0695. The Morgan fingerprint density at radius 1 is 1.00 bits per heavy atom. The molecular formula is C20H14F2N2O6. The van der Waals surface area contributed by atoms with E-state index in [-0.39, 0.29) is 16.9 Å². The minimum atomic E-state index is -1.66. The van der Waals surface area contributed by atoms with Crippen LogP contribution in [0.25, 0.3) is 11.1 Å². The van der Waals surface area contributed by atoms with Gasteiger partial charge in [-0.05, 0) is 29.8 Å². The van der Waals surface area contributed by atoms with E-state index in [1.807, 2.05) is 4.98 Å². The Morgan fingerprint density at radius 2 is 1.60 bits per heavy atom. The molecule has 0 bridgehead atoms. The van der Waals surface area contributed by atoms with Crippen LogP contribution in [-0.4, -0.2) is 27.1 Å². The molecule has 0 saturated carbocycles. The van der Waals surface area contributed by atoms with Gasteiger partial charge < -0.3 is 25.7 Å². The Balaban J connectivity index is 2.09. The number of hydrogen-bond donors (Lipinski definition) is 4. The standard InChI is InChI=1S/C20H14F2N2O6/c21-12-5-2-6-13(22)11(12)8-30-10-4-1-3-9(7-10)14-15(19(26)27)17(23)24-18(25)16(14)20(28)29/h1-7H,8H2,(H,26,27)(H,28,29)(H3,23,24,25). The minimum Gasteiger partial charge on any atom is -0.489 e. The first-order valence-corrected chi connectivity index (χ1v) is 8.39. The van der Waals surface area contributed by atoms with E-state index >= 15 is 0 Å². The summed E-state index contributed by atoms with van der Waals surface area (Å²) < 4.78 is 32.9. The molecule has 8 nitrogen and oxygen atoms in total. The highest BCUT2D eigenvalue weighted by molar-refractivity contribution is 6.07. The summed E-state index contributed by atoms with van der Waals surface area (Å²) in [4.78, 5) is 37.4. The Morgan fingerprint density at radius 3 is 2.20 bits per heavy atom. The van der Waals surface area contributed by atoms with Gasteiger partial charge in [-0.1, -0.05) is 18.2 Å². The number of nitrogen functional groups attached to an aromatic ring is 1. The molecule has 0 atom stereocenters. The molecule has 3 rings (SSSR count). The van der Waals surface area contributed by atoms with E-state index in [2.05, 4.69) is 0 Å². The van der Waals surface area contributed by atoms with Crippen LogP contribution < -0.4 is 16.0 Å². The minimum absolute atomic E-state index is 0.00843. The number of carbonyl (C=O) groups is 2. The summed E-state index contributed by atoms with van der Waals surface area (Å²) in [6, 6.07) is 8.74. The van der Waals surface area contributed by atoms with Crippen molar-refractivity contribution in [3.8, 4) is 16.9 Å². The summed E-state index contributed by atoms with van der Waals surface area (Å²) in [5.41, 5.74) is 2.35. The number of H-pyrrole nitrogens is 1. The largest absolute Gasteiger partial charge is 0.489 e. The van der Waals surface area contributed by atoms with E-state index in [1.165, 1.54) is 30.3 Å². The van der Waals surface area contributed by atoms with Crippen molar-refractivity contribution in [3.05, 3.63) is 81.1 Å². The Labute approximate surface area is 167 Å². The average Bonchev–Trinajstić information content (AvgIpc) is 2.66. The molecule has 10 heteroatoms. The van der Waals surface area contributed by atoms with E-state index in [0.29, 0.717) is 0 Å². The lowest BCUT2D eigenvalue weighted by atomic mass is 9.95. The molecule has 3 aromatic rings. The zero-order valence-electron chi connectivity index (χ0n) is 15.1. The van der Waals surface area contributed by atoms with Crippen LogP contribution in [0.3, 0.4) is 0 Å². The highest BCUT2D eigenvalue weighted by Gasteiger charge is 2.26. The van der Waals surface area contributed by atoms with Crippen LogP contribution in [0, 0.1) is 11.6 Å². The predicted molar refractivity (Wildman–Crippen MR) is 102 cm³/mol. The number of aromatic amines is 1. The number of carboxylic acid groups (broad SMARTS) is 2. The summed E-state index contributed by atoms with van der Waals surface area (Å²) in [6.45, 7) is -0.475. The monoisotopic (exact) mass is 416 g/mol. The van der Waals surface area contributed by atoms with Gasteiger partial charge in [0.1, 0.15) is 40.9 Å². The summed E-state index contributed by atoms with van der Waals surface area (Å²) in [7, 11) is 0. The van der Waals surface area contributed by atoms with E-state index in [4.69, 9.17) is 10.5 Å². The van der Waals surface area contributed by atoms with Gasteiger partial charge >= 0.3 is 11.9 Å². The second-order valence-corrected chi connectivity index (χ2v) is 6.12. The molecule has 0 aliphatic rings. The van der Waals surface area contributed by atoms with Crippen LogP contribution in [0.4, 0.5) is 14.6 Å². The van der Waals surface area contributed by atoms with Gasteiger partial charge in [-0.25, -0.2) is 18.4 Å². The lowest BCUT2D eigenvalue weighted by Crippen LogP contribution is -2.24. The van der Waals surface area contributed by atoms with Gasteiger partial charge in [0, 0.05) is 5.56 Å². The van der Waals surface area contributed by atoms with E-state index in [0.717, 1.165) is 12.1 Å². The van der Waals surface area contributed by atoms with E-state index in [1.54, 1.807) is 0 Å². The number of nitrogens with two attached hydrogens (primary N) is 1. The Hall–Kier alpha value is -4.21. The molecule has 154 valence electrons. The number of hydrogen-bond acceptors (Lipinski definition) is 5. The normalized spacial score (nSPS) is 10.6. The molecule has 0 spiro atoms. The molecule has 1 heterocycles. The van der Waals surface area contributed by atoms with Crippen LogP contribution in [0.1, 0.15) is 26.3 Å². The maximum Gasteiger partial charge on any atom is 0.342 e. The zero-order chi connectivity index (χ0) is 22.0. The molecule has 5 N–H and O–H groups in total. The van der Waals surface area contributed by atoms with Gasteiger partial charge in [0.2, 0.25) is 0 Å². The number of nitrogens with one attached hydrogen (secondary N) is 1. The molecule has 0 radical (unpaired) electrons. The lowest BCUT2D eigenvalue weighted by Gasteiger charge is -2.14. The number of rotatable bonds is 6. The van der Waals surface area contributed by atoms with Crippen molar-refractivity contribution in [2.75, 3.05) is 5.73 Å². The maximum absolute atomic E-state index is 13.8. The smallest absolute Gasteiger partial charge is 0.342 e. The van der Waals surface area contributed by atoms with Gasteiger partial charge in [0.25, 0.3) is 5.56 Å². The number of anilines is 1. The van der Waals surface area contributed by atoms with Crippen molar-refractivity contribution >= 4 is 17.8 Å². The van der Waals surface area contributed by atoms with Crippen LogP contribution in [-0.2, 0) is 6.61 Å². The van der Waals surface area contributed by atoms with Crippen molar-refractivity contribution in [1.29, 1.82) is 0 Å². The number of benzene rings is 2. The third-order valence-electron chi connectivity index (χ3n) is 4.24. The Kier molecular flexibility index (Phi) is 5.50. The maximum atomic E-state index is 13.8. The molecule has 0 saturated heterocycles. The topological polar surface area (TPSA) is 143 Å². The molecule has 0 amide bonds. The second-order valence-electron chi connectivity index (χ2n) is 6.12. The number of aromatic nitrogens is 1. The highest BCUT2D eigenvalue weighted by atomic mass is 19.1. The first-order valence-electron chi connectivity index (χ1n) is 8.39. The molecule has 0 fully saturated rings. The van der Waals surface area contributed by atoms with Gasteiger partial charge in [-0.2, -0.15) is 0 Å². The first-order chi connectivity index (χ1) is 14.2. The second kappa shape index (κ2) is 8.03. The fraction of sp³-hybridized carbons (Fsp3) is 0.0500. The van der Waals surface area contributed by atoms with Gasteiger partial charge in [0.05, 0.1) is 5.56 Å². The van der Waals surface area contributed by atoms with Crippen LogP contribution in [0.2, 0.25) is 0 Å². The summed E-state index contributed by atoms with van der Waals surface area (Å²) >= 11 is 0. The SMILES string of the molecule is Nc1[nH]c(=O)c(C(=O)O)c(-c2cccc(OCc3c(F)cccc3F)c2)c1C(=O)O. The average molecular weight is 416 g/mol. The van der Waals surface area contributed by atoms with Crippen LogP contribution >= 0.6 is 0 Å². The van der Waals surface area contributed by atoms with Crippen molar-refractivity contribution < 1.29 is 33.3 Å². The van der Waals surface area contributed by atoms with Gasteiger partial charge in [-0.3, -0.25) is 4.79 Å².